The van der Waals surface area contributed by atoms with Gasteiger partial charge in [-0.3, -0.25) is 4.79 Å². The number of nitrogens with zero attached hydrogens (tertiary/aromatic N) is 1. The lowest BCUT2D eigenvalue weighted by atomic mass is 10.1. The highest BCUT2D eigenvalue weighted by atomic mass is 16.5. The van der Waals surface area contributed by atoms with Crippen molar-refractivity contribution in [3.63, 3.8) is 0 Å². The molecule has 0 saturated carbocycles. The fourth-order valence-corrected chi connectivity index (χ4v) is 1.78. The second-order valence-corrected chi connectivity index (χ2v) is 4.54. The predicted octanol–water partition coefficient (Wildman–Crippen LogP) is 2.33. The summed E-state index contributed by atoms with van der Waals surface area (Å²) < 4.78 is 10.5. The van der Waals surface area contributed by atoms with Gasteiger partial charge < -0.3 is 14.5 Å². The molecule has 5 heteroatoms. The van der Waals surface area contributed by atoms with Gasteiger partial charge in [-0.05, 0) is 26.0 Å². The van der Waals surface area contributed by atoms with E-state index in [2.05, 4.69) is 10.3 Å². The van der Waals surface area contributed by atoms with Crippen LogP contribution in [0.1, 0.15) is 21.8 Å². The highest BCUT2D eigenvalue weighted by Gasteiger charge is 2.17. The summed E-state index contributed by atoms with van der Waals surface area (Å²) in [6.07, 6.45) is 0. The normalized spacial score (nSPS) is 10.6. The van der Waals surface area contributed by atoms with Gasteiger partial charge in [0.05, 0.1) is 6.61 Å². The van der Waals surface area contributed by atoms with Crippen LogP contribution < -0.4 is 5.32 Å². The number of carbonyl (C=O) groups is 1. The van der Waals surface area contributed by atoms with Crippen LogP contribution in [0.25, 0.3) is 11.5 Å². The average molecular weight is 274 g/mol. The molecule has 0 radical (unpaired) electrons. The largest absolute Gasteiger partial charge is 0.441 e. The molecule has 0 saturated heterocycles. The summed E-state index contributed by atoms with van der Waals surface area (Å²) in [5.74, 6) is 0.719. The fourth-order valence-electron chi connectivity index (χ4n) is 1.78. The zero-order valence-electron chi connectivity index (χ0n) is 11.9. The number of aromatic nitrogens is 1. The number of ether oxygens (including phenoxy) is 1. The molecule has 0 unspecified atom stereocenters. The molecule has 1 N–H and O–H groups in total. The molecular weight excluding hydrogens is 256 g/mol. The first-order valence-electron chi connectivity index (χ1n) is 6.43. The molecule has 1 heterocycles. The summed E-state index contributed by atoms with van der Waals surface area (Å²) in [6.45, 7) is 4.66. The fraction of sp³-hybridized carbons (Fsp3) is 0.333. The molecule has 0 bridgehead atoms. The maximum Gasteiger partial charge on any atom is 0.273 e. The van der Waals surface area contributed by atoms with Gasteiger partial charge >= 0.3 is 0 Å². The van der Waals surface area contributed by atoms with Crippen LogP contribution in [0.4, 0.5) is 0 Å². The Morgan fingerprint density at radius 2 is 2.00 bits per heavy atom. The minimum atomic E-state index is -0.248. The molecule has 0 atom stereocenters. The minimum Gasteiger partial charge on any atom is -0.441 e. The quantitative estimate of drug-likeness (QED) is 0.850. The minimum absolute atomic E-state index is 0.248. The molecule has 1 aromatic heterocycles. The van der Waals surface area contributed by atoms with Crippen LogP contribution in [0.5, 0.6) is 0 Å². The van der Waals surface area contributed by atoms with Crippen LogP contribution >= 0.6 is 0 Å². The van der Waals surface area contributed by atoms with E-state index in [1.54, 1.807) is 14.0 Å². The van der Waals surface area contributed by atoms with Crippen molar-refractivity contribution in [1.29, 1.82) is 0 Å². The summed E-state index contributed by atoms with van der Waals surface area (Å²) in [6, 6.07) is 7.81. The van der Waals surface area contributed by atoms with E-state index < -0.39 is 0 Å². The summed E-state index contributed by atoms with van der Waals surface area (Å²) >= 11 is 0. The maximum absolute atomic E-state index is 11.9. The smallest absolute Gasteiger partial charge is 0.273 e. The Hall–Kier alpha value is -2.14. The van der Waals surface area contributed by atoms with Crippen LogP contribution in [0, 0.1) is 13.8 Å². The first kappa shape index (κ1) is 14.3. The van der Waals surface area contributed by atoms with E-state index in [0.29, 0.717) is 30.5 Å². The van der Waals surface area contributed by atoms with Crippen LogP contribution in [-0.2, 0) is 4.74 Å². The molecule has 20 heavy (non-hydrogen) atoms. The summed E-state index contributed by atoms with van der Waals surface area (Å²) in [5, 5.41) is 2.73. The zero-order chi connectivity index (χ0) is 14.5. The number of hydrogen-bond acceptors (Lipinski definition) is 4. The Bertz CT molecular complexity index is 588. The topological polar surface area (TPSA) is 64.4 Å². The van der Waals surface area contributed by atoms with E-state index in [-0.39, 0.29) is 5.91 Å². The van der Waals surface area contributed by atoms with Gasteiger partial charge in [-0.1, -0.05) is 17.7 Å². The molecule has 5 nitrogen and oxygen atoms in total. The van der Waals surface area contributed by atoms with Gasteiger partial charge in [0.15, 0.2) is 5.69 Å². The van der Waals surface area contributed by atoms with Crippen molar-refractivity contribution < 1.29 is 13.9 Å². The number of carbonyl (C=O) groups excluding carboxylic acids is 1. The molecule has 0 aliphatic heterocycles. The van der Waals surface area contributed by atoms with Gasteiger partial charge in [0.2, 0.25) is 5.89 Å². The van der Waals surface area contributed by atoms with Crippen LogP contribution in [-0.4, -0.2) is 31.2 Å². The number of rotatable bonds is 5. The monoisotopic (exact) mass is 274 g/mol. The van der Waals surface area contributed by atoms with Crippen LogP contribution in [0.3, 0.4) is 0 Å². The Kier molecular flexibility index (Phi) is 4.53. The van der Waals surface area contributed by atoms with Crippen molar-refractivity contribution in [2.24, 2.45) is 0 Å². The number of hydrogen-bond donors (Lipinski definition) is 1. The Morgan fingerprint density at radius 3 is 2.65 bits per heavy atom. The van der Waals surface area contributed by atoms with Crippen molar-refractivity contribution in [2.75, 3.05) is 20.3 Å². The van der Waals surface area contributed by atoms with Gasteiger partial charge in [-0.25, -0.2) is 4.98 Å². The molecule has 1 amide bonds. The van der Waals surface area contributed by atoms with Gasteiger partial charge in [0.25, 0.3) is 5.91 Å². The molecule has 0 spiro atoms. The van der Waals surface area contributed by atoms with Gasteiger partial charge in [-0.2, -0.15) is 0 Å². The SMILES string of the molecule is COCCNC(=O)c1nc(-c2ccc(C)cc2)oc1C. The zero-order valence-corrected chi connectivity index (χ0v) is 11.9. The lowest BCUT2D eigenvalue weighted by Gasteiger charge is -2.01. The predicted molar refractivity (Wildman–Crippen MR) is 75.6 cm³/mol. The van der Waals surface area contributed by atoms with Gasteiger partial charge in [-0.15, -0.1) is 0 Å². The number of methoxy groups -OCH3 is 1. The Balaban J connectivity index is 2.16. The number of amides is 1. The standard InChI is InChI=1S/C15H18N2O3/c1-10-4-6-12(7-5-10)15-17-13(11(2)20-15)14(18)16-8-9-19-3/h4-7H,8-9H2,1-3H3,(H,16,18). The van der Waals surface area contributed by atoms with Crippen LogP contribution in [0.2, 0.25) is 0 Å². The van der Waals surface area contributed by atoms with Crippen molar-refractivity contribution in [3.05, 3.63) is 41.3 Å². The van der Waals surface area contributed by atoms with E-state index in [1.807, 2.05) is 31.2 Å². The third kappa shape index (κ3) is 3.24. The van der Waals surface area contributed by atoms with Gasteiger partial charge in [0.1, 0.15) is 5.76 Å². The van der Waals surface area contributed by atoms with Crippen molar-refractivity contribution in [3.8, 4) is 11.5 Å². The van der Waals surface area contributed by atoms with Crippen LogP contribution in [0.15, 0.2) is 28.7 Å². The highest BCUT2D eigenvalue weighted by Crippen LogP contribution is 2.22. The number of aryl methyl sites for hydroxylation is 2. The first-order chi connectivity index (χ1) is 9.61. The molecule has 106 valence electrons. The van der Waals surface area contributed by atoms with Crippen molar-refractivity contribution in [2.45, 2.75) is 13.8 Å². The molecular formula is C15H18N2O3. The third-order valence-corrected chi connectivity index (χ3v) is 2.90. The molecule has 2 aromatic rings. The second-order valence-electron chi connectivity index (χ2n) is 4.54. The first-order valence-corrected chi connectivity index (χ1v) is 6.43. The van der Waals surface area contributed by atoms with Gasteiger partial charge in [0, 0.05) is 19.2 Å². The molecule has 2 rings (SSSR count). The Morgan fingerprint density at radius 1 is 1.30 bits per heavy atom. The average Bonchev–Trinajstić information content (AvgIpc) is 2.82. The molecule has 0 fully saturated rings. The molecule has 0 aliphatic carbocycles. The van der Waals surface area contributed by atoms with Crippen molar-refractivity contribution >= 4 is 5.91 Å². The van der Waals surface area contributed by atoms with E-state index in [1.165, 1.54) is 0 Å². The number of benzene rings is 1. The third-order valence-electron chi connectivity index (χ3n) is 2.90. The number of oxazole rings is 1. The lowest BCUT2D eigenvalue weighted by Crippen LogP contribution is -2.27. The summed E-state index contributed by atoms with van der Waals surface area (Å²) in [7, 11) is 1.59. The molecule has 0 aliphatic rings. The van der Waals surface area contributed by atoms with Crippen molar-refractivity contribution in [1.82, 2.24) is 10.3 Å². The number of nitrogens with one attached hydrogen (secondary N) is 1. The van der Waals surface area contributed by atoms with E-state index in [0.717, 1.165) is 11.1 Å². The van der Waals surface area contributed by atoms with E-state index in [4.69, 9.17) is 9.15 Å². The van der Waals surface area contributed by atoms with E-state index in [9.17, 15) is 4.79 Å². The lowest BCUT2D eigenvalue weighted by molar-refractivity contribution is 0.0931. The maximum atomic E-state index is 11.9. The summed E-state index contributed by atoms with van der Waals surface area (Å²) in [5.41, 5.74) is 2.33. The summed E-state index contributed by atoms with van der Waals surface area (Å²) in [4.78, 5) is 16.2. The highest BCUT2D eigenvalue weighted by molar-refractivity contribution is 5.93. The Labute approximate surface area is 118 Å². The van der Waals surface area contributed by atoms with E-state index >= 15 is 0 Å². The second kappa shape index (κ2) is 6.34. The molecule has 1 aromatic carbocycles.